The summed E-state index contributed by atoms with van der Waals surface area (Å²) < 4.78 is 1.95. The Morgan fingerprint density at radius 3 is 2.85 bits per heavy atom. The van der Waals surface area contributed by atoms with E-state index >= 15 is 0 Å². The molecule has 0 aliphatic heterocycles. The first-order valence-corrected chi connectivity index (χ1v) is 6.83. The van der Waals surface area contributed by atoms with E-state index < -0.39 is 0 Å². The molecular weight excluding hydrogens is 248 g/mol. The summed E-state index contributed by atoms with van der Waals surface area (Å²) in [6, 6.07) is 8.85. The molecule has 2 heterocycles. The molecule has 0 fully saturated rings. The summed E-state index contributed by atoms with van der Waals surface area (Å²) in [5.41, 5.74) is 2.30. The first-order valence-electron chi connectivity index (χ1n) is 6.83. The molecule has 2 aromatic heterocycles. The second-order valence-electron chi connectivity index (χ2n) is 5.21. The molecule has 3 aromatic rings. The van der Waals surface area contributed by atoms with Gasteiger partial charge in [0.1, 0.15) is 0 Å². The van der Waals surface area contributed by atoms with Gasteiger partial charge in [-0.25, -0.2) is 0 Å². The zero-order valence-corrected chi connectivity index (χ0v) is 11.7. The van der Waals surface area contributed by atoms with E-state index in [9.17, 15) is 0 Å². The maximum Gasteiger partial charge on any atom is 0.0729 e. The average molecular weight is 266 g/mol. The van der Waals surface area contributed by atoms with Crippen molar-refractivity contribution in [1.29, 1.82) is 0 Å². The number of rotatable bonds is 4. The Bertz CT molecular complexity index is 715. The number of hydrogen-bond donors (Lipinski definition) is 1. The van der Waals surface area contributed by atoms with Crippen molar-refractivity contribution >= 4 is 16.5 Å². The van der Waals surface area contributed by atoms with Crippen LogP contribution in [-0.2, 0) is 6.54 Å². The molecule has 1 aromatic carbocycles. The maximum atomic E-state index is 4.32. The number of benzene rings is 1. The van der Waals surface area contributed by atoms with Crippen LogP contribution in [0.2, 0.25) is 0 Å². The van der Waals surface area contributed by atoms with Crippen LogP contribution in [0, 0.1) is 0 Å². The second kappa shape index (κ2) is 5.33. The van der Waals surface area contributed by atoms with Crippen molar-refractivity contribution in [2.24, 2.45) is 0 Å². The average Bonchev–Trinajstić information content (AvgIpc) is 2.94. The van der Waals surface area contributed by atoms with Gasteiger partial charge in [-0.2, -0.15) is 5.10 Å². The van der Waals surface area contributed by atoms with Crippen LogP contribution in [0.25, 0.3) is 10.8 Å². The molecule has 0 unspecified atom stereocenters. The van der Waals surface area contributed by atoms with Gasteiger partial charge in [-0.05, 0) is 36.9 Å². The minimum atomic E-state index is 0.388. The molecule has 1 N–H and O–H groups in total. The topological polar surface area (TPSA) is 42.7 Å². The van der Waals surface area contributed by atoms with Crippen molar-refractivity contribution in [2.45, 2.75) is 26.4 Å². The lowest BCUT2D eigenvalue weighted by molar-refractivity contribution is 0.532. The van der Waals surface area contributed by atoms with Crippen LogP contribution in [0.3, 0.4) is 0 Å². The van der Waals surface area contributed by atoms with E-state index in [1.165, 1.54) is 16.3 Å². The Morgan fingerprint density at radius 1 is 1.15 bits per heavy atom. The molecule has 0 saturated carbocycles. The predicted octanol–water partition coefficient (Wildman–Crippen LogP) is 3.62. The Hall–Kier alpha value is -2.36. The normalized spacial score (nSPS) is 11.2. The molecular formula is C16H18N4. The van der Waals surface area contributed by atoms with Crippen molar-refractivity contribution in [1.82, 2.24) is 14.8 Å². The number of fused-ring (bicyclic) bond motifs is 1. The van der Waals surface area contributed by atoms with Crippen molar-refractivity contribution < 1.29 is 0 Å². The first kappa shape index (κ1) is 12.7. The van der Waals surface area contributed by atoms with E-state index in [-0.39, 0.29) is 0 Å². The van der Waals surface area contributed by atoms with Gasteiger partial charge in [0.2, 0.25) is 0 Å². The van der Waals surface area contributed by atoms with Crippen LogP contribution in [0.5, 0.6) is 0 Å². The van der Waals surface area contributed by atoms with Gasteiger partial charge < -0.3 is 5.32 Å². The summed E-state index contributed by atoms with van der Waals surface area (Å²) in [4.78, 5) is 4.13. The van der Waals surface area contributed by atoms with Crippen LogP contribution < -0.4 is 5.32 Å². The van der Waals surface area contributed by atoms with Crippen LogP contribution in [0.1, 0.15) is 25.5 Å². The summed E-state index contributed by atoms with van der Waals surface area (Å²) in [6.45, 7) is 5.03. The first-order chi connectivity index (χ1) is 9.72. The molecule has 0 amide bonds. The van der Waals surface area contributed by atoms with Gasteiger partial charge in [-0.15, -0.1) is 0 Å². The van der Waals surface area contributed by atoms with Gasteiger partial charge in [0.05, 0.1) is 11.9 Å². The maximum absolute atomic E-state index is 4.32. The largest absolute Gasteiger partial charge is 0.378 e. The summed E-state index contributed by atoms with van der Waals surface area (Å²) >= 11 is 0. The van der Waals surface area contributed by atoms with Gasteiger partial charge >= 0.3 is 0 Å². The minimum absolute atomic E-state index is 0.388. The second-order valence-corrected chi connectivity index (χ2v) is 5.21. The van der Waals surface area contributed by atoms with Gasteiger partial charge in [0.25, 0.3) is 0 Å². The van der Waals surface area contributed by atoms with Crippen molar-refractivity contribution in [2.75, 3.05) is 5.32 Å². The molecule has 0 spiro atoms. The molecule has 4 nitrogen and oxygen atoms in total. The molecule has 0 saturated heterocycles. The summed E-state index contributed by atoms with van der Waals surface area (Å²) in [7, 11) is 0. The van der Waals surface area contributed by atoms with Gasteiger partial charge in [-0.3, -0.25) is 9.67 Å². The lowest BCUT2D eigenvalue weighted by atomic mass is 10.1. The molecule has 0 radical (unpaired) electrons. The number of aromatic nitrogens is 3. The lowest BCUT2D eigenvalue weighted by Crippen LogP contribution is -2.01. The molecule has 0 atom stereocenters. The number of pyridine rings is 1. The molecule has 20 heavy (non-hydrogen) atoms. The molecule has 3 rings (SSSR count). The summed E-state index contributed by atoms with van der Waals surface area (Å²) in [6.07, 6.45) is 7.62. The highest BCUT2D eigenvalue weighted by Crippen LogP contribution is 2.16. The number of hydrogen-bond acceptors (Lipinski definition) is 3. The van der Waals surface area contributed by atoms with Gasteiger partial charge in [0.15, 0.2) is 0 Å². The smallest absolute Gasteiger partial charge is 0.0729 e. The van der Waals surface area contributed by atoms with E-state index in [2.05, 4.69) is 47.4 Å². The molecule has 0 bridgehead atoms. The monoisotopic (exact) mass is 266 g/mol. The summed E-state index contributed by atoms with van der Waals surface area (Å²) in [5.74, 6) is 0. The van der Waals surface area contributed by atoms with E-state index in [0.29, 0.717) is 6.04 Å². The van der Waals surface area contributed by atoms with E-state index in [1.54, 1.807) is 0 Å². The van der Waals surface area contributed by atoms with E-state index in [1.807, 2.05) is 35.5 Å². The number of nitrogens with one attached hydrogen (secondary N) is 1. The van der Waals surface area contributed by atoms with Crippen LogP contribution in [-0.4, -0.2) is 14.8 Å². The Balaban J connectivity index is 1.72. The molecule has 4 heteroatoms. The van der Waals surface area contributed by atoms with Gasteiger partial charge in [0, 0.05) is 36.6 Å². The third kappa shape index (κ3) is 2.64. The summed E-state index contributed by atoms with van der Waals surface area (Å²) in [5, 5.41) is 10.1. The predicted molar refractivity (Wildman–Crippen MR) is 81.7 cm³/mol. The fraction of sp³-hybridized carbons (Fsp3) is 0.250. The highest BCUT2D eigenvalue weighted by molar-refractivity contribution is 5.82. The van der Waals surface area contributed by atoms with Crippen molar-refractivity contribution in [3.8, 4) is 0 Å². The standard InChI is InChI=1S/C16H18N4/c1-12(2)20-11-16(10-19-20)18-8-13-3-4-15-9-17-6-5-14(15)7-13/h3-7,9-12,18H,8H2,1-2H3. The number of anilines is 1. The third-order valence-electron chi connectivity index (χ3n) is 3.33. The zero-order chi connectivity index (χ0) is 13.9. The minimum Gasteiger partial charge on any atom is -0.378 e. The van der Waals surface area contributed by atoms with Gasteiger partial charge in [-0.1, -0.05) is 12.1 Å². The SMILES string of the molecule is CC(C)n1cc(NCc2ccc3cnccc3c2)cn1. The highest BCUT2D eigenvalue weighted by Gasteiger charge is 2.02. The number of nitrogens with zero attached hydrogens (tertiary/aromatic N) is 3. The zero-order valence-electron chi connectivity index (χ0n) is 11.7. The molecule has 0 aliphatic rings. The van der Waals surface area contributed by atoms with Crippen molar-refractivity contribution in [3.05, 3.63) is 54.6 Å². The van der Waals surface area contributed by atoms with Crippen LogP contribution in [0.15, 0.2) is 49.1 Å². The highest BCUT2D eigenvalue weighted by atomic mass is 15.3. The fourth-order valence-electron chi connectivity index (χ4n) is 2.16. The fourth-order valence-corrected chi connectivity index (χ4v) is 2.16. The quantitative estimate of drug-likeness (QED) is 0.784. The van der Waals surface area contributed by atoms with Crippen molar-refractivity contribution in [3.63, 3.8) is 0 Å². The Labute approximate surface area is 118 Å². The molecule has 0 aliphatic carbocycles. The van der Waals surface area contributed by atoms with Crippen LogP contribution >= 0.6 is 0 Å². The van der Waals surface area contributed by atoms with E-state index in [4.69, 9.17) is 0 Å². The lowest BCUT2D eigenvalue weighted by Gasteiger charge is -2.06. The Morgan fingerprint density at radius 2 is 2.05 bits per heavy atom. The molecule has 102 valence electrons. The Kier molecular flexibility index (Phi) is 3.37. The van der Waals surface area contributed by atoms with E-state index in [0.717, 1.165) is 12.2 Å². The van der Waals surface area contributed by atoms with Crippen LogP contribution in [0.4, 0.5) is 5.69 Å². The third-order valence-corrected chi connectivity index (χ3v) is 3.33.